The van der Waals surface area contributed by atoms with Crippen molar-refractivity contribution < 1.29 is 13.3 Å². The Hall–Kier alpha value is -1.67. The Kier molecular flexibility index (Phi) is 4.95. The summed E-state index contributed by atoms with van der Waals surface area (Å²) in [7, 11) is -3.89. The third-order valence-electron chi connectivity index (χ3n) is 3.78. The molecule has 118 valence electrons. The van der Waals surface area contributed by atoms with Crippen molar-refractivity contribution in [2.24, 2.45) is 11.3 Å². The molecule has 0 bridgehead atoms. The van der Waals surface area contributed by atoms with Gasteiger partial charge in [0.05, 0.1) is 10.6 Å². The second-order valence-electron chi connectivity index (χ2n) is 5.95. The first-order chi connectivity index (χ1) is 9.47. The molecule has 1 aromatic carbocycles. The summed E-state index contributed by atoms with van der Waals surface area (Å²) in [6.45, 7) is 8.09. The van der Waals surface area contributed by atoms with Crippen molar-refractivity contribution >= 4 is 21.4 Å². The number of nitrogens with two attached hydrogens (primary N) is 1. The van der Waals surface area contributed by atoms with Crippen molar-refractivity contribution in [3.63, 3.8) is 0 Å². The lowest BCUT2D eigenvalue weighted by Gasteiger charge is -2.29. The van der Waals surface area contributed by atoms with Crippen LogP contribution < -0.4 is 10.5 Å². The second-order valence-corrected chi connectivity index (χ2v) is 7.68. The molecule has 0 unspecified atom stereocenters. The molecule has 0 amide bonds. The molecule has 0 saturated carbocycles. The van der Waals surface area contributed by atoms with E-state index in [0.29, 0.717) is 0 Å². The number of anilines is 1. The minimum atomic E-state index is -3.89. The Balaban J connectivity index is 3.09. The highest BCUT2D eigenvalue weighted by Crippen LogP contribution is 2.27. The molecule has 0 radical (unpaired) electrons. The Labute approximate surface area is 124 Å². The van der Waals surface area contributed by atoms with Gasteiger partial charge in [0.15, 0.2) is 0 Å². The van der Waals surface area contributed by atoms with Crippen molar-refractivity contribution in [2.45, 2.75) is 32.6 Å². The molecule has 0 fully saturated rings. The summed E-state index contributed by atoms with van der Waals surface area (Å²) in [5.74, 6) is 0.266. The number of hydrogen-bond donors (Lipinski definition) is 2. The fourth-order valence-electron chi connectivity index (χ4n) is 1.43. The first kappa shape index (κ1) is 17.4. The van der Waals surface area contributed by atoms with Crippen molar-refractivity contribution in [3.05, 3.63) is 28.3 Å². The van der Waals surface area contributed by atoms with Gasteiger partial charge in [-0.1, -0.05) is 27.7 Å². The van der Waals surface area contributed by atoms with Gasteiger partial charge in [0, 0.05) is 18.7 Å². The molecule has 0 aliphatic heterocycles. The molecule has 7 nitrogen and oxygen atoms in total. The van der Waals surface area contributed by atoms with Crippen LogP contribution in [0.3, 0.4) is 0 Å². The number of hydrogen-bond acceptors (Lipinski definition) is 5. The lowest BCUT2D eigenvalue weighted by Crippen LogP contribution is -2.37. The molecule has 0 atom stereocenters. The number of sulfonamides is 1. The van der Waals surface area contributed by atoms with Gasteiger partial charge in [0.1, 0.15) is 4.90 Å². The molecule has 8 heteroatoms. The number of nitro groups is 1. The van der Waals surface area contributed by atoms with Gasteiger partial charge in [-0.3, -0.25) is 10.1 Å². The van der Waals surface area contributed by atoms with E-state index in [1.807, 2.05) is 27.7 Å². The van der Waals surface area contributed by atoms with Gasteiger partial charge in [-0.15, -0.1) is 0 Å². The minimum absolute atomic E-state index is 0.0181. The SMILES string of the molecule is CC(C)C(C)(C)CNS(=O)(=O)c1cc([N+](=O)[O-])ccc1N. The largest absolute Gasteiger partial charge is 0.398 e. The molecule has 1 aromatic rings. The number of nitro benzene ring substituents is 1. The molecule has 0 aromatic heterocycles. The fourth-order valence-corrected chi connectivity index (χ4v) is 2.80. The highest BCUT2D eigenvalue weighted by molar-refractivity contribution is 7.89. The monoisotopic (exact) mass is 315 g/mol. The smallest absolute Gasteiger partial charge is 0.270 e. The lowest BCUT2D eigenvalue weighted by atomic mass is 9.81. The van der Waals surface area contributed by atoms with Crippen LogP contribution in [0.5, 0.6) is 0 Å². The van der Waals surface area contributed by atoms with Crippen molar-refractivity contribution in [2.75, 3.05) is 12.3 Å². The van der Waals surface area contributed by atoms with E-state index in [2.05, 4.69) is 4.72 Å². The first-order valence-corrected chi connectivity index (χ1v) is 7.99. The molecule has 0 saturated heterocycles. The predicted octanol–water partition coefficient (Wildman–Crippen LogP) is 2.14. The summed E-state index contributed by atoms with van der Waals surface area (Å²) in [6, 6.07) is 3.37. The molecular formula is C13H21N3O4S. The van der Waals surface area contributed by atoms with Gasteiger partial charge in [-0.25, -0.2) is 13.1 Å². The minimum Gasteiger partial charge on any atom is -0.398 e. The first-order valence-electron chi connectivity index (χ1n) is 6.51. The maximum Gasteiger partial charge on any atom is 0.270 e. The molecule has 0 aliphatic carbocycles. The maximum atomic E-state index is 12.3. The van der Waals surface area contributed by atoms with E-state index < -0.39 is 14.9 Å². The lowest BCUT2D eigenvalue weighted by molar-refractivity contribution is -0.385. The standard InChI is InChI=1S/C13H21N3O4S/c1-9(2)13(3,4)8-15-21(19,20)12-7-10(16(17)18)5-6-11(12)14/h5-7,9,15H,8,14H2,1-4H3. The highest BCUT2D eigenvalue weighted by atomic mass is 32.2. The van der Waals surface area contributed by atoms with Gasteiger partial charge in [0.2, 0.25) is 10.0 Å². The quantitative estimate of drug-likeness (QED) is 0.474. The Morgan fingerprint density at radius 1 is 1.38 bits per heavy atom. The molecule has 0 aliphatic rings. The van der Waals surface area contributed by atoms with Crippen LogP contribution in [0.15, 0.2) is 23.1 Å². The van der Waals surface area contributed by atoms with Crippen molar-refractivity contribution in [1.29, 1.82) is 0 Å². The summed E-state index contributed by atoms with van der Waals surface area (Å²) >= 11 is 0. The Morgan fingerprint density at radius 3 is 2.43 bits per heavy atom. The van der Waals surface area contributed by atoms with Crippen LogP contribution in [-0.4, -0.2) is 19.9 Å². The molecule has 3 N–H and O–H groups in total. The normalized spacial score (nSPS) is 12.6. The Morgan fingerprint density at radius 2 is 1.95 bits per heavy atom. The van der Waals surface area contributed by atoms with Gasteiger partial charge in [0.25, 0.3) is 5.69 Å². The van der Waals surface area contributed by atoms with Crippen LogP contribution in [0.1, 0.15) is 27.7 Å². The van der Waals surface area contributed by atoms with E-state index >= 15 is 0 Å². The number of nitrogens with zero attached hydrogens (tertiary/aromatic N) is 1. The van der Waals surface area contributed by atoms with E-state index in [9.17, 15) is 18.5 Å². The second kappa shape index (κ2) is 5.98. The van der Waals surface area contributed by atoms with E-state index in [4.69, 9.17) is 5.73 Å². The molecule has 0 heterocycles. The van der Waals surface area contributed by atoms with Crippen molar-refractivity contribution in [1.82, 2.24) is 4.72 Å². The van der Waals surface area contributed by atoms with Crippen LogP contribution in [-0.2, 0) is 10.0 Å². The number of non-ortho nitro benzene ring substituents is 1. The van der Waals surface area contributed by atoms with Crippen LogP contribution in [0.4, 0.5) is 11.4 Å². The fraction of sp³-hybridized carbons (Fsp3) is 0.538. The number of nitrogens with one attached hydrogen (secondary N) is 1. The van der Waals surface area contributed by atoms with E-state index in [0.717, 1.165) is 6.07 Å². The van der Waals surface area contributed by atoms with Gasteiger partial charge in [-0.2, -0.15) is 0 Å². The number of benzene rings is 1. The summed E-state index contributed by atoms with van der Waals surface area (Å²) in [5, 5.41) is 10.7. The maximum absolute atomic E-state index is 12.3. The summed E-state index contributed by atoms with van der Waals surface area (Å²) in [4.78, 5) is 9.82. The van der Waals surface area contributed by atoms with E-state index in [-0.39, 0.29) is 34.1 Å². The van der Waals surface area contributed by atoms with Gasteiger partial charge in [-0.05, 0) is 17.4 Å². The predicted molar refractivity (Wildman–Crippen MR) is 81.3 cm³/mol. The highest BCUT2D eigenvalue weighted by Gasteiger charge is 2.27. The third kappa shape index (κ3) is 4.15. The van der Waals surface area contributed by atoms with E-state index in [1.54, 1.807) is 0 Å². The molecular weight excluding hydrogens is 294 g/mol. The third-order valence-corrected chi connectivity index (χ3v) is 5.24. The summed E-state index contributed by atoms with van der Waals surface area (Å²) in [6.07, 6.45) is 0. The topological polar surface area (TPSA) is 115 Å². The van der Waals surface area contributed by atoms with Crippen LogP contribution in [0, 0.1) is 21.4 Å². The average molecular weight is 315 g/mol. The van der Waals surface area contributed by atoms with E-state index in [1.165, 1.54) is 12.1 Å². The average Bonchev–Trinajstić information content (AvgIpc) is 2.36. The number of rotatable bonds is 6. The van der Waals surface area contributed by atoms with Crippen LogP contribution in [0.25, 0.3) is 0 Å². The Bertz CT molecular complexity index is 639. The van der Waals surface area contributed by atoms with Gasteiger partial charge < -0.3 is 5.73 Å². The van der Waals surface area contributed by atoms with Crippen LogP contribution >= 0.6 is 0 Å². The molecule has 1 rings (SSSR count). The van der Waals surface area contributed by atoms with Gasteiger partial charge >= 0.3 is 0 Å². The van der Waals surface area contributed by atoms with Crippen molar-refractivity contribution in [3.8, 4) is 0 Å². The zero-order valence-corrected chi connectivity index (χ0v) is 13.4. The summed E-state index contributed by atoms with van der Waals surface area (Å²) < 4.78 is 27.0. The molecule has 21 heavy (non-hydrogen) atoms. The zero-order chi connectivity index (χ0) is 16.4. The number of nitrogen functional groups attached to an aromatic ring is 1. The summed E-state index contributed by atoms with van der Waals surface area (Å²) in [5.41, 5.74) is 5.06. The van der Waals surface area contributed by atoms with Crippen LogP contribution in [0.2, 0.25) is 0 Å². The molecule has 0 spiro atoms. The zero-order valence-electron chi connectivity index (χ0n) is 12.6.